The molecule has 1 atom stereocenters. The van der Waals surface area contributed by atoms with Crippen LogP contribution in [-0.2, 0) is 14.8 Å². The van der Waals surface area contributed by atoms with Gasteiger partial charge in [0.25, 0.3) is 5.91 Å². The summed E-state index contributed by atoms with van der Waals surface area (Å²) in [6, 6.07) is 4.66. The summed E-state index contributed by atoms with van der Waals surface area (Å²) in [6.45, 7) is 1.91. The Morgan fingerprint density at radius 1 is 1.33 bits per heavy atom. The van der Waals surface area contributed by atoms with Gasteiger partial charge in [-0.25, -0.2) is 17.5 Å². The molecule has 21 heavy (non-hydrogen) atoms. The number of sulfonamides is 1. The van der Waals surface area contributed by atoms with E-state index < -0.39 is 21.7 Å². The van der Waals surface area contributed by atoms with Gasteiger partial charge in [0.05, 0.1) is 12.4 Å². The first-order valence-corrected chi connectivity index (χ1v) is 8.02. The van der Waals surface area contributed by atoms with Crippen molar-refractivity contribution in [3.63, 3.8) is 0 Å². The normalized spacial score (nSPS) is 12.9. The number of amides is 1. The SMILES string of the molecule is COC[C@H](C)NS(=O)(=O)CCNC(=O)c1ccc(F)cc1. The van der Waals surface area contributed by atoms with Gasteiger partial charge >= 0.3 is 0 Å². The lowest BCUT2D eigenvalue weighted by molar-refractivity contribution is 0.0956. The molecule has 0 saturated carbocycles. The molecule has 0 aromatic heterocycles. The second-order valence-corrected chi connectivity index (χ2v) is 6.43. The van der Waals surface area contributed by atoms with Gasteiger partial charge in [-0.1, -0.05) is 0 Å². The topological polar surface area (TPSA) is 84.5 Å². The first-order valence-electron chi connectivity index (χ1n) is 6.37. The third-order valence-electron chi connectivity index (χ3n) is 2.56. The summed E-state index contributed by atoms with van der Waals surface area (Å²) in [5.74, 6) is -1.13. The number of halogens is 1. The summed E-state index contributed by atoms with van der Waals surface area (Å²) in [6.07, 6.45) is 0. The fraction of sp³-hybridized carbons (Fsp3) is 0.462. The van der Waals surface area contributed by atoms with Gasteiger partial charge in [-0.15, -0.1) is 0 Å². The fourth-order valence-electron chi connectivity index (χ4n) is 1.65. The number of ether oxygens (including phenoxy) is 1. The zero-order valence-corrected chi connectivity index (χ0v) is 12.7. The maximum atomic E-state index is 12.7. The molecule has 6 nitrogen and oxygen atoms in total. The van der Waals surface area contributed by atoms with Crippen molar-refractivity contribution in [3.05, 3.63) is 35.6 Å². The molecule has 0 radical (unpaired) electrons. The van der Waals surface area contributed by atoms with Crippen molar-refractivity contribution in [2.75, 3.05) is 26.0 Å². The number of hydrogen-bond donors (Lipinski definition) is 2. The van der Waals surface area contributed by atoms with Crippen LogP contribution in [0.2, 0.25) is 0 Å². The minimum absolute atomic E-state index is 0.0365. The van der Waals surface area contributed by atoms with Gasteiger partial charge in [-0.3, -0.25) is 4.79 Å². The first kappa shape index (κ1) is 17.5. The monoisotopic (exact) mass is 318 g/mol. The summed E-state index contributed by atoms with van der Waals surface area (Å²) >= 11 is 0. The number of hydrogen-bond acceptors (Lipinski definition) is 4. The van der Waals surface area contributed by atoms with Crippen molar-refractivity contribution in [2.45, 2.75) is 13.0 Å². The summed E-state index contributed by atoms with van der Waals surface area (Å²) in [5, 5.41) is 2.47. The lowest BCUT2D eigenvalue weighted by Crippen LogP contribution is -2.40. The largest absolute Gasteiger partial charge is 0.383 e. The Bertz CT molecular complexity index is 560. The lowest BCUT2D eigenvalue weighted by Gasteiger charge is -2.13. The van der Waals surface area contributed by atoms with Crippen LogP contribution in [0.3, 0.4) is 0 Å². The fourth-order valence-corrected chi connectivity index (χ4v) is 2.82. The predicted octanol–water partition coefficient (Wildman–Crippen LogP) is 0.510. The van der Waals surface area contributed by atoms with Crippen molar-refractivity contribution < 1.29 is 22.3 Å². The minimum Gasteiger partial charge on any atom is -0.383 e. The highest BCUT2D eigenvalue weighted by molar-refractivity contribution is 7.89. The van der Waals surface area contributed by atoms with Gasteiger partial charge in [-0.05, 0) is 31.2 Å². The number of methoxy groups -OCH3 is 1. The van der Waals surface area contributed by atoms with Gasteiger partial charge in [0.1, 0.15) is 5.82 Å². The second-order valence-electron chi connectivity index (χ2n) is 4.56. The zero-order chi connectivity index (χ0) is 15.9. The summed E-state index contributed by atoms with van der Waals surface area (Å²) < 4.78 is 43.4. The van der Waals surface area contributed by atoms with Gasteiger partial charge in [0.15, 0.2) is 0 Å². The molecule has 1 rings (SSSR count). The zero-order valence-electron chi connectivity index (χ0n) is 11.9. The molecule has 0 fully saturated rings. The average molecular weight is 318 g/mol. The van der Waals surface area contributed by atoms with E-state index in [9.17, 15) is 17.6 Å². The Balaban J connectivity index is 2.42. The number of benzene rings is 1. The van der Waals surface area contributed by atoms with E-state index in [4.69, 9.17) is 4.74 Å². The molecular weight excluding hydrogens is 299 g/mol. The Labute approximate surface area is 123 Å². The molecule has 0 aliphatic heterocycles. The molecule has 0 aliphatic carbocycles. The Morgan fingerprint density at radius 3 is 2.52 bits per heavy atom. The van der Waals surface area contributed by atoms with Gasteiger partial charge < -0.3 is 10.1 Å². The minimum atomic E-state index is -3.49. The average Bonchev–Trinajstić information content (AvgIpc) is 2.38. The van der Waals surface area contributed by atoms with Crippen LogP contribution in [0.4, 0.5) is 4.39 Å². The van der Waals surface area contributed by atoms with Gasteiger partial charge in [-0.2, -0.15) is 0 Å². The van der Waals surface area contributed by atoms with Gasteiger partial charge in [0.2, 0.25) is 10.0 Å². The Hall–Kier alpha value is -1.51. The highest BCUT2D eigenvalue weighted by Crippen LogP contribution is 2.02. The number of carbonyl (C=O) groups is 1. The standard InChI is InChI=1S/C13H19FN2O4S/c1-10(9-20-2)16-21(18,19)8-7-15-13(17)11-3-5-12(14)6-4-11/h3-6,10,16H,7-9H2,1-2H3,(H,15,17)/t10-/m0/s1. The molecule has 8 heteroatoms. The number of nitrogens with one attached hydrogen (secondary N) is 2. The molecule has 118 valence electrons. The van der Waals surface area contributed by atoms with Crippen molar-refractivity contribution in [1.82, 2.24) is 10.0 Å². The van der Waals surface area contributed by atoms with Crippen LogP contribution in [0.5, 0.6) is 0 Å². The van der Waals surface area contributed by atoms with Crippen molar-refractivity contribution in [2.24, 2.45) is 0 Å². The highest BCUT2D eigenvalue weighted by Gasteiger charge is 2.15. The molecule has 1 aromatic rings. The molecule has 2 N–H and O–H groups in total. The maximum absolute atomic E-state index is 12.7. The number of rotatable bonds is 8. The van der Waals surface area contributed by atoms with E-state index >= 15 is 0 Å². The van der Waals surface area contributed by atoms with Gasteiger partial charge in [0, 0.05) is 25.3 Å². The van der Waals surface area contributed by atoms with Crippen LogP contribution in [0.15, 0.2) is 24.3 Å². The van der Waals surface area contributed by atoms with E-state index in [-0.39, 0.29) is 30.5 Å². The maximum Gasteiger partial charge on any atom is 0.251 e. The molecule has 0 heterocycles. The third-order valence-corrected chi connectivity index (χ3v) is 4.06. The number of carbonyl (C=O) groups excluding carboxylic acids is 1. The summed E-state index contributed by atoms with van der Waals surface area (Å²) in [7, 11) is -2.01. The van der Waals surface area contributed by atoms with Crippen LogP contribution in [-0.4, -0.2) is 46.4 Å². The van der Waals surface area contributed by atoms with Crippen molar-refractivity contribution >= 4 is 15.9 Å². The predicted molar refractivity (Wildman–Crippen MR) is 77.0 cm³/mol. The van der Waals surface area contributed by atoms with E-state index in [1.54, 1.807) is 6.92 Å². The van der Waals surface area contributed by atoms with E-state index in [1.165, 1.54) is 31.4 Å². The molecular formula is C13H19FN2O4S. The Kier molecular flexibility index (Phi) is 6.73. The molecule has 0 aliphatic rings. The van der Waals surface area contributed by atoms with Crippen LogP contribution in [0.25, 0.3) is 0 Å². The van der Waals surface area contributed by atoms with Crippen molar-refractivity contribution in [1.29, 1.82) is 0 Å². The summed E-state index contributed by atoms with van der Waals surface area (Å²) in [5.41, 5.74) is 0.273. The molecule has 0 spiro atoms. The van der Waals surface area contributed by atoms with Crippen LogP contribution in [0, 0.1) is 5.82 Å². The van der Waals surface area contributed by atoms with E-state index in [0.717, 1.165) is 0 Å². The molecule has 0 bridgehead atoms. The van der Waals surface area contributed by atoms with E-state index in [2.05, 4.69) is 10.0 Å². The second kappa shape index (κ2) is 8.06. The lowest BCUT2D eigenvalue weighted by atomic mass is 10.2. The Morgan fingerprint density at radius 2 is 1.95 bits per heavy atom. The third kappa shape index (κ3) is 6.65. The van der Waals surface area contributed by atoms with E-state index in [1.807, 2.05) is 0 Å². The molecule has 1 amide bonds. The summed E-state index contributed by atoms with van der Waals surface area (Å²) in [4.78, 5) is 11.7. The quantitative estimate of drug-likeness (QED) is 0.731. The smallest absolute Gasteiger partial charge is 0.251 e. The first-order chi connectivity index (χ1) is 9.84. The van der Waals surface area contributed by atoms with Crippen LogP contribution >= 0.6 is 0 Å². The molecule has 0 unspecified atom stereocenters. The van der Waals surface area contributed by atoms with Crippen LogP contribution in [0.1, 0.15) is 17.3 Å². The molecule has 0 saturated heterocycles. The highest BCUT2D eigenvalue weighted by atomic mass is 32.2. The molecule has 1 aromatic carbocycles. The van der Waals surface area contributed by atoms with E-state index in [0.29, 0.717) is 0 Å². The van der Waals surface area contributed by atoms with Crippen molar-refractivity contribution in [3.8, 4) is 0 Å². The van der Waals surface area contributed by atoms with Crippen LogP contribution < -0.4 is 10.0 Å².